The summed E-state index contributed by atoms with van der Waals surface area (Å²) in [6.07, 6.45) is 1.42. The highest BCUT2D eigenvalue weighted by molar-refractivity contribution is 7.89. The molecule has 0 aromatic heterocycles. The molecule has 0 amide bonds. The van der Waals surface area contributed by atoms with Crippen molar-refractivity contribution in [2.45, 2.75) is 31.1 Å². The van der Waals surface area contributed by atoms with E-state index < -0.39 is 16.0 Å². The summed E-state index contributed by atoms with van der Waals surface area (Å²) in [5.74, 6) is -0.948. The summed E-state index contributed by atoms with van der Waals surface area (Å²) in [4.78, 5) is 10.7. The van der Waals surface area contributed by atoms with Crippen molar-refractivity contribution in [3.63, 3.8) is 0 Å². The van der Waals surface area contributed by atoms with Crippen LogP contribution < -0.4 is 4.72 Å². The van der Waals surface area contributed by atoms with Gasteiger partial charge in [-0.2, -0.15) is 0 Å². The molecule has 0 aliphatic rings. The van der Waals surface area contributed by atoms with Crippen LogP contribution >= 0.6 is 0 Å². The maximum atomic E-state index is 12.0. The van der Waals surface area contributed by atoms with E-state index in [4.69, 9.17) is 9.84 Å². The number of sulfonamides is 1. The van der Waals surface area contributed by atoms with E-state index in [-0.39, 0.29) is 11.3 Å². The van der Waals surface area contributed by atoms with Crippen LogP contribution in [-0.4, -0.2) is 39.3 Å². The van der Waals surface area contributed by atoms with Crippen molar-refractivity contribution < 1.29 is 23.1 Å². The second-order valence-electron chi connectivity index (χ2n) is 4.58. The van der Waals surface area contributed by atoms with Crippen molar-refractivity contribution in [1.29, 1.82) is 0 Å². The van der Waals surface area contributed by atoms with Crippen LogP contribution in [0.3, 0.4) is 0 Å². The highest BCUT2D eigenvalue weighted by Gasteiger charge is 2.13. The number of benzene rings is 1. The minimum atomic E-state index is -3.55. The Morgan fingerprint density at radius 1 is 1.24 bits per heavy atom. The third kappa shape index (κ3) is 6.70. The summed E-state index contributed by atoms with van der Waals surface area (Å²) in [5, 5.41) is 8.66. The standard InChI is InChI=1S/C14H21NO5S/c1-2-9-20-10-3-8-15-21(18,19)13-6-4-12(5-7-13)11-14(16)17/h4-7,15H,2-3,8-11H2,1H3,(H,16,17). The maximum absolute atomic E-state index is 12.0. The van der Waals surface area contributed by atoms with E-state index in [2.05, 4.69) is 4.72 Å². The average molecular weight is 315 g/mol. The van der Waals surface area contributed by atoms with Crippen LogP contribution in [0.4, 0.5) is 0 Å². The van der Waals surface area contributed by atoms with Crippen LogP contribution in [-0.2, 0) is 26.0 Å². The second-order valence-corrected chi connectivity index (χ2v) is 6.35. The summed E-state index contributed by atoms with van der Waals surface area (Å²) < 4.78 is 31.7. The molecule has 6 nitrogen and oxygen atoms in total. The molecule has 0 heterocycles. The molecule has 1 aromatic rings. The van der Waals surface area contributed by atoms with Gasteiger partial charge in [-0.3, -0.25) is 4.79 Å². The van der Waals surface area contributed by atoms with Gasteiger partial charge in [-0.25, -0.2) is 13.1 Å². The summed E-state index contributed by atoms with van der Waals surface area (Å²) in [6.45, 7) is 3.52. The second kappa shape index (κ2) is 8.76. The minimum Gasteiger partial charge on any atom is -0.481 e. The zero-order chi connectivity index (χ0) is 15.7. The van der Waals surface area contributed by atoms with Crippen molar-refractivity contribution in [1.82, 2.24) is 4.72 Å². The first-order valence-corrected chi connectivity index (χ1v) is 8.32. The molecule has 1 aromatic carbocycles. The third-order valence-electron chi connectivity index (χ3n) is 2.69. The molecule has 0 saturated carbocycles. The lowest BCUT2D eigenvalue weighted by molar-refractivity contribution is -0.136. The van der Waals surface area contributed by atoms with Gasteiger partial charge in [0.25, 0.3) is 0 Å². The molecule has 2 N–H and O–H groups in total. The Balaban J connectivity index is 2.48. The Bertz CT molecular complexity index is 539. The number of carboxylic acid groups (broad SMARTS) is 1. The van der Waals surface area contributed by atoms with Gasteiger partial charge in [0.15, 0.2) is 0 Å². The van der Waals surface area contributed by atoms with Gasteiger partial charge in [0.1, 0.15) is 0 Å². The predicted octanol–water partition coefficient (Wildman–Crippen LogP) is 1.41. The molecule has 0 atom stereocenters. The number of aliphatic carboxylic acids is 1. The summed E-state index contributed by atoms with van der Waals surface area (Å²) in [6, 6.07) is 5.84. The van der Waals surface area contributed by atoms with Gasteiger partial charge in [0.05, 0.1) is 11.3 Å². The van der Waals surface area contributed by atoms with Crippen LogP contribution in [0.5, 0.6) is 0 Å². The fraction of sp³-hybridized carbons (Fsp3) is 0.500. The quantitative estimate of drug-likeness (QED) is 0.637. The van der Waals surface area contributed by atoms with Gasteiger partial charge < -0.3 is 9.84 Å². The van der Waals surface area contributed by atoms with Crippen LogP contribution in [0, 0.1) is 0 Å². The molecule has 118 valence electrons. The van der Waals surface area contributed by atoms with Crippen LogP contribution in [0.15, 0.2) is 29.2 Å². The van der Waals surface area contributed by atoms with E-state index >= 15 is 0 Å². The number of hydrogen-bond acceptors (Lipinski definition) is 4. The zero-order valence-electron chi connectivity index (χ0n) is 12.0. The number of ether oxygens (including phenoxy) is 1. The SMILES string of the molecule is CCCOCCCNS(=O)(=O)c1ccc(CC(=O)O)cc1. The number of nitrogens with one attached hydrogen (secondary N) is 1. The lowest BCUT2D eigenvalue weighted by Crippen LogP contribution is -2.25. The molecule has 21 heavy (non-hydrogen) atoms. The molecule has 0 aliphatic carbocycles. The van der Waals surface area contributed by atoms with Crippen LogP contribution in [0.2, 0.25) is 0 Å². The molecule has 7 heteroatoms. The molecule has 0 bridgehead atoms. The first-order chi connectivity index (χ1) is 9.95. The Morgan fingerprint density at radius 3 is 2.48 bits per heavy atom. The fourth-order valence-electron chi connectivity index (χ4n) is 1.67. The lowest BCUT2D eigenvalue weighted by atomic mass is 10.2. The molecular formula is C14H21NO5S. The first-order valence-electron chi connectivity index (χ1n) is 6.84. The van der Waals surface area contributed by atoms with E-state index in [1.807, 2.05) is 6.92 Å². The Kier molecular flexibility index (Phi) is 7.35. The van der Waals surface area contributed by atoms with Crippen molar-refractivity contribution in [3.8, 4) is 0 Å². The molecule has 0 unspecified atom stereocenters. The topological polar surface area (TPSA) is 92.7 Å². The fourth-order valence-corrected chi connectivity index (χ4v) is 2.75. The van der Waals surface area contributed by atoms with Crippen LogP contribution in [0.1, 0.15) is 25.3 Å². The molecule has 0 spiro atoms. The van der Waals surface area contributed by atoms with Gasteiger partial charge in [-0.15, -0.1) is 0 Å². The number of carbonyl (C=O) groups is 1. The number of carboxylic acids is 1. The van der Waals surface area contributed by atoms with Gasteiger partial charge in [0.2, 0.25) is 10.0 Å². The molecule has 0 radical (unpaired) electrons. The highest BCUT2D eigenvalue weighted by atomic mass is 32.2. The molecule has 1 rings (SSSR count). The van der Waals surface area contributed by atoms with E-state index in [9.17, 15) is 13.2 Å². The molecular weight excluding hydrogens is 294 g/mol. The Morgan fingerprint density at radius 2 is 1.90 bits per heavy atom. The Hall–Kier alpha value is -1.44. The van der Waals surface area contributed by atoms with E-state index in [0.717, 1.165) is 6.42 Å². The van der Waals surface area contributed by atoms with Crippen molar-refractivity contribution in [2.75, 3.05) is 19.8 Å². The monoisotopic (exact) mass is 315 g/mol. The van der Waals surface area contributed by atoms with Gasteiger partial charge in [-0.05, 0) is 30.5 Å². The van der Waals surface area contributed by atoms with E-state index in [1.165, 1.54) is 24.3 Å². The predicted molar refractivity (Wildman–Crippen MR) is 78.7 cm³/mol. The smallest absolute Gasteiger partial charge is 0.307 e. The maximum Gasteiger partial charge on any atom is 0.307 e. The number of rotatable bonds is 10. The van der Waals surface area contributed by atoms with Crippen LogP contribution in [0.25, 0.3) is 0 Å². The average Bonchev–Trinajstić information content (AvgIpc) is 2.42. The minimum absolute atomic E-state index is 0.122. The number of hydrogen-bond donors (Lipinski definition) is 2. The van der Waals surface area contributed by atoms with Crippen molar-refractivity contribution >= 4 is 16.0 Å². The lowest BCUT2D eigenvalue weighted by Gasteiger charge is -2.07. The van der Waals surface area contributed by atoms with Crippen molar-refractivity contribution in [3.05, 3.63) is 29.8 Å². The third-order valence-corrected chi connectivity index (χ3v) is 4.17. The summed E-state index contributed by atoms with van der Waals surface area (Å²) in [5.41, 5.74) is 0.564. The van der Waals surface area contributed by atoms with Gasteiger partial charge in [0, 0.05) is 19.8 Å². The first kappa shape index (κ1) is 17.6. The largest absolute Gasteiger partial charge is 0.481 e. The molecule has 0 saturated heterocycles. The summed E-state index contributed by atoms with van der Waals surface area (Å²) in [7, 11) is -3.55. The van der Waals surface area contributed by atoms with Gasteiger partial charge in [-0.1, -0.05) is 19.1 Å². The highest BCUT2D eigenvalue weighted by Crippen LogP contribution is 2.11. The van der Waals surface area contributed by atoms with Gasteiger partial charge >= 0.3 is 5.97 Å². The Labute approximate surface area is 125 Å². The van der Waals surface area contributed by atoms with Crippen molar-refractivity contribution in [2.24, 2.45) is 0 Å². The zero-order valence-corrected chi connectivity index (χ0v) is 12.9. The molecule has 0 fully saturated rings. The molecule has 0 aliphatic heterocycles. The van der Waals surface area contributed by atoms with E-state index in [1.54, 1.807) is 0 Å². The normalized spacial score (nSPS) is 11.5. The van der Waals surface area contributed by atoms with E-state index in [0.29, 0.717) is 31.7 Å². The summed E-state index contributed by atoms with van der Waals surface area (Å²) >= 11 is 0.